The monoisotopic (exact) mass is 223 g/mol. The van der Waals surface area contributed by atoms with Crippen LogP contribution in [0.4, 0.5) is 0 Å². The van der Waals surface area contributed by atoms with Gasteiger partial charge in [-0.3, -0.25) is 0 Å². The zero-order chi connectivity index (χ0) is 11.8. The number of benzene rings is 1. The van der Waals surface area contributed by atoms with Gasteiger partial charge >= 0.3 is 0 Å². The Labute approximate surface area is 99.7 Å². The number of aryl methyl sites for hydroxylation is 2. The molecule has 2 heterocycles. The average Bonchev–Trinajstić information content (AvgIpc) is 2.75. The molecule has 0 saturated heterocycles. The Morgan fingerprint density at radius 1 is 0.941 bits per heavy atom. The molecule has 0 atom stereocenters. The summed E-state index contributed by atoms with van der Waals surface area (Å²) in [6.45, 7) is 4.11. The Morgan fingerprint density at radius 3 is 2.53 bits per heavy atom. The Morgan fingerprint density at radius 2 is 1.76 bits per heavy atom. The molecule has 3 aromatic rings. The van der Waals surface area contributed by atoms with Crippen molar-refractivity contribution in [3.8, 4) is 11.4 Å². The maximum Gasteiger partial charge on any atom is 0.182 e. The standard InChI is InChI=1S/C14H13N3/c1-10-6-3-4-8-12(10)14-15-13-9-5-7-11(2)17(13)16-14/h3-9H,1-2H3. The van der Waals surface area contributed by atoms with Crippen molar-refractivity contribution in [2.45, 2.75) is 13.8 Å². The van der Waals surface area contributed by atoms with E-state index in [0.717, 1.165) is 22.7 Å². The summed E-state index contributed by atoms with van der Waals surface area (Å²) in [6, 6.07) is 14.2. The molecule has 3 nitrogen and oxygen atoms in total. The summed E-state index contributed by atoms with van der Waals surface area (Å²) in [7, 11) is 0. The second-order valence-electron chi connectivity index (χ2n) is 4.19. The number of hydrogen-bond acceptors (Lipinski definition) is 2. The van der Waals surface area contributed by atoms with Crippen molar-refractivity contribution < 1.29 is 0 Å². The molecule has 0 saturated carbocycles. The molecule has 0 radical (unpaired) electrons. The van der Waals surface area contributed by atoms with Crippen LogP contribution >= 0.6 is 0 Å². The summed E-state index contributed by atoms with van der Waals surface area (Å²) in [4.78, 5) is 4.56. The second-order valence-corrected chi connectivity index (χ2v) is 4.19. The Hall–Kier alpha value is -2.16. The van der Waals surface area contributed by atoms with E-state index in [2.05, 4.69) is 29.1 Å². The number of pyridine rings is 1. The highest BCUT2D eigenvalue weighted by Crippen LogP contribution is 2.20. The first-order valence-corrected chi connectivity index (χ1v) is 5.64. The molecule has 0 bridgehead atoms. The van der Waals surface area contributed by atoms with Crippen molar-refractivity contribution in [3.63, 3.8) is 0 Å². The summed E-state index contributed by atoms with van der Waals surface area (Å²) in [5, 5.41) is 4.55. The third-order valence-corrected chi connectivity index (χ3v) is 2.93. The van der Waals surface area contributed by atoms with E-state index < -0.39 is 0 Å². The number of rotatable bonds is 1. The molecule has 1 aromatic carbocycles. The Balaban J connectivity index is 2.26. The fourth-order valence-electron chi connectivity index (χ4n) is 1.97. The van der Waals surface area contributed by atoms with Crippen molar-refractivity contribution in [2.75, 3.05) is 0 Å². The van der Waals surface area contributed by atoms with E-state index in [1.54, 1.807) is 0 Å². The number of hydrogen-bond donors (Lipinski definition) is 0. The van der Waals surface area contributed by atoms with Gasteiger partial charge in [-0.2, -0.15) is 0 Å². The summed E-state index contributed by atoms with van der Waals surface area (Å²) in [5.41, 5.74) is 4.27. The van der Waals surface area contributed by atoms with Gasteiger partial charge in [0.15, 0.2) is 11.5 Å². The van der Waals surface area contributed by atoms with Gasteiger partial charge < -0.3 is 0 Å². The van der Waals surface area contributed by atoms with E-state index in [4.69, 9.17) is 0 Å². The number of fused-ring (bicyclic) bond motifs is 1. The minimum atomic E-state index is 0.789. The van der Waals surface area contributed by atoms with E-state index in [-0.39, 0.29) is 0 Å². The van der Waals surface area contributed by atoms with Crippen LogP contribution < -0.4 is 0 Å². The molecule has 0 aliphatic rings. The highest BCUT2D eigenvalue weighted by molar-refractivity contribution is 5.62. The third kappa shape index (κ3) is 1.60. The molecule has 3 heteroatoms. The van der Waals surface area contributed by atoms with Gasteiger partial charge in [0.05, 0.1) is 0 Å². The van der Waals surface area contributed by atoms with Crippen LogP contribution in [0.1, 0.15) is 11.3 Å². The molecule has 0 aliphatic heterocycles. The van der Waals surface area contributed by atoms with Crippen LogP contribution in [0, 0.1) is 13.8 Å². The normalized spacial score (nSPS) is 10.9. The molecule has 0 fully saturated rings. The molecular weight excluding hydrogens is 210 g/mol. The lowest BCUT2D eigenvalue weighted by Gasteiger charge is -1.98. The Kier molecular flexibility index (Phi) is 2.18. The fraction of sp³-hybridized carbons (Fsp3) is 0.143. The molecule has 84 valence electrons. The zero-order valence-electron chi connectivity index (χ0n) is 9.88. The van der Waals surface area contributed by atoms with Crippen molar-refractivity contribution in [3.05, 3.63) is 53.7 Å². The first-order chi connectivity index (χ1) is 8.25. The van der Waals surface area contributed by atoms with E-state index in [0.29, 0.717) is 0 Å². The van der Waals surface area contributed by atoms with Gasteiger partial charge in [0.2, 0.25) is 0 Å². The second kappa shape index (κ2) is 3.70. The SMILES string of the molecule is Cc1ccccc1-c1nc2cccc(C)n2n1. The topological polar surface area (TPSA) is 30.2 Å². The largest absolute Gasteiger partial charge is 0.218 e. The first kappa shape index (κ1) is 10.0. The Bertz CT molecular complexity index is 683. The van der Waals surface area contributed by atoms with Crippen LogP contribution in [0.25, 0.3) is 17.0 Å². The van der Waals surface area contributed by atoms with Gasteiger partial charge in [-0.25, -0.2) is 9.50 Å². The lowest BCUT2D eigenvalue weighted by Crippen LogP contribution is -1.92. The van der Waals surface area contributed by atoms with E-state index in [1.807, 2.05) is 41.8 Å². The van der Waals surface area contributed by atoms with Crippen LogP contribution in [0.2, 0.25) is 0 Å². The fourth-order valence-corrected chi connectivity index (χ4v) is 1.97. The maximum atomic E-state index is 4.56. The predicted molar refractivity (Wildman–Crippen MR) is 67.9 cm³/mol. The van der Waals surface area contributed by atoms with Crippen LogP contribution in [0.15, 0.2) is 42.5 Å². The number of nitrogens with zero attached hydrogens (tertiary/aromatic N) is 3. The predicted octanol–water partition coefficient (Wildman–Crippen LogP) is 3.01. The molecule has 0 amide bonds. The molecule has 2 aromatic heterocycles. The van der Waals surface area contributed by atoms with E-state index >= 15 is 0 Å². The van der Waals surface area contributed by atoms with Crippen molar-refractivity contribution in [1.82, 2.24) is 14.6 Å². The van der Waals surface area contributed by atoms with E-state index in [9.17, 15) is 0 Å². The smallest absolute Gasteiger partial charge is 0.182 e. The van der Waals surface area contributed by atoms with Crippen molar-refractivity contribution in [2.24, 2.45) is 0 Å². The molecular formula is C14H13N3. The van der Waals surface area contributed by atoms with Crippen LogP contribution in [0.3, 0.4) is 0 Å². The van der Waals surface area contributed by atoms with Gasteiger partial charge in [-0.05, 0) is 31.5 Å². The van der Waals surface area contributed by atoms with Gasteiger partial charge in [0, 0.05) is 11.3 Å². The van der Waals surface area contributed by atoms with Gasteiger partial charge in [0.1, 0.15) is 0 Å². The molecule has 0 unspecified atom stereocenters. The lowest BCUT2D eigenvalue weighted by molar-refractivity contribution is 0.918. The van der Waals surface area contributed by atoms with Gasteiger partial charge in [0.25, 0.3) is 0 Å². The molecule has 0 N–H and O–H groups in total. The highest BCUT2D eigenvalue weighted by atomic mass is 15.3. The van der Waals surface area contributed by atoms with Crippen molar-refractivity contribution in [1.29, 1.82) is 0 Å². The van der Waals surface area contributed by atoms with E-state index in [1.165, 1.54) is 5.56 Å². The number of aromatic nitrogens is 3. The third-order valence-electron chi connectivity index (χ3n) is 2.93. The quantitative estimate of drug-likeness (QED) is 0.634. The molecule has 17 heavy (non-hydrogen) atoms. The molecule has 0 spiro atoms. The summed E-state index contributed by atoms with van der Waals surface area (Å²) >= 11 is 0. The first-order valence-electron chi connectivity index (χ1n) is 5.64. The minimum Gasteiger partial charge on any atom is -0.218 e. The minimum absolute atomic E-state index is 0.789. The van der Waals surface area contributed by atoms with Gasteiger partial charge in [-0.15, -0.1) is 5.10 Å². The molecule has 3 rings (SSSR count). The van der Waals surface area contributed by atoms with Crippen LogP contribution in [-0.2, 0) is 0 Å². The highest BCUT2D eigenvalue weighted by Gasteiger charge is 2.08. The zero-order valence-corrected chi connectivity index (χ0v) is 9.88. The summed E-state index contributed by atoms with van der Waals surface area (Å²) in [6.07, 6.45) is 0. The molecule has 0 aliphatic carbocycles. The lowest BCUT2D eigenvalue weighted by atomic mass is 10.1. The van der Waals surface area contributed by atoms with Crippen molar-refractivity contribution >= 4 is 5.65 Å². The van der Waals surface area contributed by atoms with Crippen LogP contribution in [-0.4, -0.2) is 14.6 Å². The maximum absolute atomic E-state index is 4.56. The summed E-state index contributed by atoms with van der Waals surface area (Å²) in [5.74, 6) is 0.789. The average molecular weight is 223 g/mol. The van der Waals surface area contributed by atoms with Crippen LogP contribution in [0.5, 0.6) is 0 Å². The summed E-state index contributed by atoms with van der Waals surface area (Å²) < 4.78 is 1.88. The van der Waals surface area contributed by atoms with Gasteiger partial charge in [-0.1, -0.05) is 30.3 Å².